The Morgan fingerprint density at radius 1 is 0.562 bits per heavy atom. The van der Waals surface area contributed by atoms with Crippen molar-refractivity contribution >= 4 is 61.4 Å². The monoisotopic (exact) mass is 611 g/mol. The van der Waals surface area contributed by atoms with Crippen LogP contribution in [0.4, 0.5) is 0 Å². The van der Waals surface area contributed by atoms with E-state index in [9.17, 15) is 0 Å². The molecule has 6 aromatic carbocycles. The Morgan fingerprint density at radius 3 is 2.19 bits per heavy atom. The second kappa shape index (κ2) is 9.14. The number of hydrogen-bond donors (Lipinski definition) is 0. The van der Waals surface area contributed by atoms with Crippen molar-refractivity contribution in [2.75, 3.05) is 0 Å². The van der Waals surface area contributed by atoms with Crippen molar-refractivity contribution in [3.8, 4) is 39.2 Å². The topological polar surface area (TPSA) is 22.8 Å². The molecular formula is C44H30BN3. The van der Waals surface area contributed by atoms with E-state index >= 15 is 0 Å². The molecule has 3 nitrogen and oxygen atoms in total. The summed E-state index contributed by atoms with van der Waals surface area (Å²) >= 11 is 0. The summed E-state index contributed by atoms with van der Waals surface area (Å²) in [6.07, 6.45) is 2.02. The fourth-order valence-corrected chi connectivity index (χ4v) is 9.37. The third-order valence-corrected chi connectivity index (χ3v) is 11.0. The van der Waals surface area contributed by atoms with Crippen LogP contribution in [0.25, 0.3) is 82.8 Å². The van der Waals surface area contributed by atoms with Crippen molar-refractivity contribution in [3.63, 3.8) is 0 Å². The molecule has 0 unspecified atom stereocenters. The van der Waals surface area contributed by atoms with Gasteiger partial charge in [0.15, 0.2) is 0 Å². The minimum Gasteiger partial charge on any atom is -0.374 e. The normalized spacial score (nSPS) is 12.9. The summed E-state index contributed by atoms with van der Waals surface area (Å²) in [7, 11) is 0. The molecule has 0 bridgehead atoms. The Hall–Kier alpha value is -5.87. The molecule has 0 fully saturated rings. The lowest BCUT2D eigenvalue weighted by molar-refractivity contribution is 1.17. The van der Waals surface area contributed by atoms with Gasteiger partial charge in [-0.1, -0.05) is 96.6 Å². The minimum atomic E-state index is 0.00423. The molecule has 11 rings (SSSR count). The van der Waals surface area contributed by atoms with Gasteiger partial charge in [0.1, 0.15) is 0 Å². The van der Waals surface area contributed by atoms with Crippen LogP contribution in [0.1, 0.15) is 16.7 Å². The smallest absolute Gasteiger partial charge is 0.333 e. The van der Waals surface area contributed by atoms with Crippen LogP contribution < -0.4 is 10.9 Å². The van der Waals surface area contributed by atoms with E-state index in [1.54, 1.807) is 0 Å². The number of aromatic nitrogens is 3. The van der Waals surface area contributed by atoms with Gasteiger partial charge >= 0.3 is 6.85 Å². The molecule has 3 aromatic heterocycles. The Kier molecular flexibility index (Phi) is 5.00. The maximum atomic E-state index is 5.24. The summed E-state index contributed by atoms with van der Waals surface area (Å²) in [4.78, 5) is 5.24. The van der Waals surface area contributed by atoms with Crippen LogP contribution >= 0.6 is 0 Å². The molecule has 0 atom stereocenters. The third-order valence-electron chi connectivity index (χ3n) is 11.0. The maximum absolute atomic E-state index is 5.24. The average molecular weight is 612 g/mol. The highest BCUT2D eigenvalue weighted by Gasteiger charge is 2.42. The standard InChI is InChI=1S/C44H30BN3/c1-25-22-26(2)39(27(3)23-25)29-16-18-37-34(24-29)33-20-21-46-42-40-30(28-10-5-4-6-11-28)17-19-38-41(40)45(48(37)44(33)42)35-14-9-13-32-31-12-7-8-15-36(31)47(38)43(32)35/h4-24H,1-3H3. The zero-order chi connectivity index (χ0) is 31.8. The number of para-hydroxylation sites is 2. The largest absolute Gasteiger partial charge is 0.374 e. The Bertz CT molecular complexity index is 2850. The second-order valence-electron chi connectivity index (χ2n) is 13.7. The van der Waals surface area contributed by atoms with E-state index < -0.39 is 0 Å². The van der Waals surface area contributed by atoms with E-state index in [0.29, 0.717) is 0 Å². The molecule has 5 heterocycles. The molecule has 0 aliphatic carbocycles. The quantitative estimate of drug-likeness (QED) is 0.179. The van der Waals surface area contributed by atoms with Gasteiger partial charge in [-0.05, 0) is 95.4 Å². The zero-order valence-electron chi connectivity index (χ0n) is 27.0. The molecule has 0 N–H and O–H groups in total. The molecule has 0 amide bonds. The van der Waals surface area contributed by atoms with Gasteiger partial charge in [-0.3, -0.25) is 4.98 Å². The Labute approximate surface area is 278 Å². The predicted molar refractivity (Wildman–Crippen MR) is 203 cm³/mol. The van der Waals surface area contributed by atoms with Gasteiger partial charge in [0, 0.05) is 44.5 Å². The third kappa shape index (κ3) is 3.18. The molecule has 9 aromatic rings. The molecule has 0 spiro atoms. The van der Waals surface area contributed by atoms with Gasteiger partial charge in [0.25, 0.3) is 0 Å². The predicted octanol–water partition coefficient (Wildman–Crippen LogP) is 9.49. The minimum absolute atomic E-state index is 0.00423. The van der Waals surface area contributed by atoms with Gasteiger partial charge in [-0.2, -0.15) is 0 Å². The summed E-state index contributed by atoms with van der Waals surface area (Å²) < 4.78 is 5.13. The van der Waals surface area contributed by atoms with Gasteiger partial charge in [-0.15, -0.1) is 0 Å². The van der Waals surface area contributed by atoms with E-state index in [-0.39, 0.29) is 6.85 Å². The lowest BCUT2D eigenvalue weighted by Crippen LogP contribution is -2.55. The van der Waals surface area contributed by atoms with Crippen molar-refractivity contribution in [1.29, 1.82) is 0 Å². The maximum Gasteiger partial charge on any atom is 0.333 e. The molecule has 224 valence electrons. The lowest BCUT2D eigenvalue weighted by Gasteiger charge is -2.34. The fourth-order valence-electron chi connectivity index (χ4n) is 9.37. The molecular weight excluding hydrogens is 581 g/mol. The molecule has 0 radical (unpaired) electrons. The summed E-state index contributed by atoms with van der Waals surface area (Å²) in [5, 5.41) is 5.13. The van der Waals surface area contributed by atoms with Gasteiger partial charge in [0.05, 0.1) is 22.2 Å². The molecule has 2 aliphatic rings. The number of aryl methyl sites for hydroxylation is 3. The summed E-state index contributed by atoms with van der Waals surface area (Å²) in [5.41, 5.74) is 20.2. The Balaban J connectivity index is 1.32. The van der Waals surface area contributed by atoms with E-state index in [0.717, 1.165) is 5.69 Å². The van der Waals surface area contributed by atoms with Gasteiger partial charge in [-0.25, -0.2) is 0 Å². The van der Waals surface area contributed by atoms with Crippen LogP contribution in [0.5, 0.6) is 0 Å². The highest BCUT2D eigenvalue weighted by atomic mass is 15.0. The molecule has 0 saturated carbocycles. The summed E-state index contributed by atoms with van der Waals surface area (Å²) in [6.45, 7) is 6.67. The fraction of sp³-hybridized carbons (Fsp3) is 0.0682. The van der Waals surface area contributed by atoms with Crippen LogP contribution in [-0.4, -0.2) is 20.9 Å². The number of nitrogens with zero attached hydrogens (tertiary/aromatic N) is 3. The van der Waals surface area contributed by atoms with Gasteiger partial charge in [0.2, 0.25) is 0 Å². The number of benzene rings is 6. The Morgan fingerprint density at radius 2 is 1.33 bits per heavy atom. The van der Waals surface area contributed by atoms with Crippen molar-refractivity contribution in [2.45, 2.75) is 20.8 Å². The van der Waals surface area contributed by atoms with Crippen LogP contribution in [0.3, 0.4) is 0 Å². The number of pyridine rings is 1. The van der Waals surface area contributed by atoms with E-state index in [4.69, 9.17) is 4.98 Å². The van der Waals surface area contributed by atoms with E-state index in [2.05, 4.69) is 151 Å². The van der Waals surface area contributed by atoms with Crippen LogP contribution in [0.15, 0.2) is 128 Å². The SMILES string of the molecule is Cc1cc(C)c(-c2ccc3c(c2)c2ccnc4c2n3B2c3c(ccc(-c5ccccc5)c3-4)-n3c4ccccc4c4cccc2c43)c(C)c1. The first kappa shape index (κ1) is 26.2. The zero-order valence-corrected chi connectivity index (χ0v) is 27.0. The highest BCUT2D eigenvalue weighted by molar-refractivity contribution is 6.90. The molecule has 2 aliphatic heterocycles. The van der Waals surface area contributed by atoms with E-state index in [1.807, 2.05) is 6.20 Å². The van der Waals surface area contributed by atoms with Crippen molar-refractivity contribution in [2.24, 2.45) is 0 Å². The molecule has 0 saturated heterocycles. The molecule has 48 heavy (non-hydrogen) atoms. The summed E-state index contributed by atoms with van der Waals surface area (Å²) in [5.74, 6) is 0. The van der Waals surface area contributed by atoms with E-state index in [1.165, 1.54) is 105 Å². The number of rotatable bonds is 2. The van der Waals surface area contributed by atoms with Crippen molar-refractivity contribution in [3.05, 3.63) is 144 Å². The average Bonchev–Trinajstić information content (AvgIpc) is 3.62. The summed E-state index contributed by atoms with van der Waals surface area (Å²) in [6, 6.07) is 45.3. The lowest BCUT2D eigenvalue weighted by atomic mass is 9.45. The van der Waals surface area contributed by atoms with Crippen LogP contribution in [0.2, 0.25) is 0 Å². The van der Waals surface area contributed by atoms with Crippen molar-refractivity contribution < 1.29 is 0 Å². The number of hydrogen-bond acceptors (Lipinski definition) is 1. The first-order valence-corrected chi connectivity index (χ1v) is 16.8. The first-order chi connectivity index (χ1) is 23.6. The van der Waals surface area contributed by atoms with Crippen LogP contribution in [-0.2, 0) is 0 Å². The molecule has 4 heteroatoms. The first-order valence-electron chi connectivity index (χ1n) is 16.8. The number of fused-ring (bicyclic) bond motifs is 10. The van der Waals surface area contributed by atoms with Crippen molar-refractivity contribution in [1.82, 2.24) is 14.0 Å². The van der Waals surface area contributed by atoms with Crippen LogP contribution in [0, 0.1) is 20.8 Å². The second-order valence-corrected chi connectivity index (χ2v) is 13.7. The van der Waals surface area contributed by atoms with Gasteiger partial charge < -0.3 is 9.05 Å². The highest BCUT2D eigenvalue weighted by Crippen LogP contribution is 2.45.